The third-order valence-electron chi connectivity index (χ3n) is 7.57. The van der Waals surface area contributed by atoms with Crippen LogP contribution in [0.5, 0.6) is 0 Å². The predicted molar refractivity (Wildman–Crippen MR) is 90.3 cm³/mol. The number of likely N-dealkylation sites (N-methyl/N-ethyl adjacent to an activating group) is 1. The van der Waals surface area contributed by atoms with Crippen LogP contribution in [0.1, 0.15) is 84.0 Å². The molecule has 3 fully saturated rings. The van der Waals surface area contributed by atoms with Crippen molar-refractivity contribution in [2.45, 2.75) is 95.6 Å². The van der Waals surface area contributed by atoms with Gasteiger partial charge in [0.2, 0.25) is 0 Å². The van der Waals surface area contributed by atoms with E-state index in [0.29, 0.717) is 5.54 Å². The van der Waals surface area contributed by atoms with E-state index in [2.05, 4.69) is 18.9 Å². The van der Waals surface area contributed by atoms with Crippen molar-refractivity contribution in [3.8, 4) is 0 Å². The van der Waals surface area contributed by atoms with Crippen molar-refractivity contribution in [1.29, 1.82) is 0 Å². The lowest BCUT2D eigenvalue weighted by Crippen LogP contribution is -2.58. The Bertz CT molecular complexity index is 327. The molecule has 0 aromatic rings. The first-order valence-electron chi connectivity index (χ1n) is 9.52. The van der Waals surface area contributed by atoms with Crippen LogP contribution in [0.25, 0.3) is 0 Å². The van der Waals surface area contributed by atoms with E-state index in [1.807, 2.05) is 0 Å². The van der Waals surface area contributed by atoms with Crippen LogP contribution in [-0.4, -0.2) is 30.1 Å². The van der Waals surface area contributed by atoms with Gasteiger partial charge in [0.15, 0.2) is 0 Å². The minimum atomic E-state index is 0.319. The molecule has 3 saturated carbocycles. The molecule has 0 bridgehead atoms. The Morgan fingerprint density at radius 3 is 2.00 bits per heavy atom. The highest BCUT2D eigenvalue weighted by molar-refractivity contribution is 5.02. The third-order valence-corrected chi connectivity index (χ3v) is 7.57. The predicted octanol–water partition coefficient (Wildman–Crippen LogP) is 4.33. The normalized spacial score (nSPS) is 35.4. The average molecular weight is 293 g/mol. The monoisotopic (exact) mass is 292 g/mol. The van der Waals surface area contributed by atoms with Gasteiger partial charge in [0.05, 0.1) is 0 Å². The maximum atomic E-state index is 6.32. The number of hydrogen-bond acceptors (Lipinski definition) is 2. The molecule has 0 aromatic heterocycles. The SMILES string of the molecule is CC1CCC(N(C)C2(CN)CCC3(CCCC3)CC2)CC1. The van der Waals surface area contributed by atoms with Gasteiger partial charge in [-0.1, -0.05) is 19.8 Å². The molecule has 1 spiro atoms. The first-order chi connectivity index (χ1) is 10.1. The molecule has 3 rings (SSSR count). The summed E-state index contributed by atoms with van der Waals surface area (Å²) in [5.74, 6) is 0.941. The minimum Gasteiger partial charge on any atom is -0.329 e. The lowest BCUT2D eigenvalue weighted by atomic mass is 9.65. The fourth-order valence-electron chi connectivity index (χ4n) is 5.59. The van der Waals surface area contributed by atoms with E-state index in [4.69, 9.17) is 5.73 Å². The fraction of sp³-hybridized carbons (Fsp3) is 1.00. The van der Waals surface area contributed by atoms with Gasteiger partial charge in [-0.25, -0.2) is 0 Å². The summed E-state index contributed by atoms with van der Waals surface area (Å²) in [6.45, 7) is 3.28. The van der Waals surface area contributed by atoms with Gasteiger partial charge in [0.25, 0.3) is 0 Å². The topological polar surface area (TPSA) is 29.3 Å². The Hall–Kier alpha value is -0.0800. The van der Waals surface area contributed by atoms with Gasteiger partial charge >= 0.3 is 0 Å². The lowest BCUT2D eigenvalue weighted by Gasteiger charge is -2.52. The van der Waals surface area contributed by atoms with Gasteiger partial charge in [-0.15, -0.1) is 0 Å². The number of hydrogen-bond donors (Lipinski definition) is 1. The standard InChI is InChI=1S/C19H36N2/c1-16-5-7-17(8-6-16)21(2)19(15-20)13-11-18(12-14-19)9-3-4-10-18/h16-17H,3-15,20H2,1-2H3. The summed E-state index contributed by atoms with van der Waals surface area (Å²) < 4.78 is 0. The fourth-order valence-corrected chi connectivity index (χ4v) is 5.59. The second kappa shape index (κ2) is 6.20. The molecule has 2 nitrogen and oxygen atoms in total. The van der Waals surface area contributed by atoms with E-state index in [1.165, 1.54) is 77.0 Å². The maximum absolute atomic E-state index is 6.32. The van der Waals surface area contributed by atoms with E-state index in [1.54, 1.807) is 0 Å². The molecule has 0 saturated heterocycles. The van der Waals surface area contributed by atoms with Crippen LogP contribution in [0.2, 0.25) is 0 Å². The van der Waals surface area contributed by atoms with Crippen LogP contribution in [-0.2, 0) is 0 Å². The molecule has 0 aromatic carbocycles. The number of nitrogens with zero attached hydrogens (tertiary/aromatic N) is 1. The molecule has 0 heterocycles. The van der Waals surface area contributed by atoms with Crippen LogP contribution in [0.4, 0.5) is 0 Å². The Kier molecular flexibility index (Phi) is 4.66. The van der Waals surface area contributed by atoms with Crippen molar-refractivity contribution in [1.82, 2.24) is 4.90 Å². The highest BCUT2D eigenvalue weighted by atomic mass is 15.2. The third kappa shape index (κ3) is 3.03. The molecule has 3 aliphatic carbocycles. The Morgan fingerprint density at radius 2 is 1.48 bits per heavy atom. The van der Waals surface area contributed by atoms with Crippen LogP contribution >= 0.6 is 0 Å². The minimum absolute atomic E-state index is 0.319. The molecule has 2 N–H and O–H groups in total. The average Bonchev–Trinajstić information content (AvgIpc) is 2.97. The molecular formula is C19H36N2. The number of nitrogens with two attached hydrogens (primary N) is 1. The zero-order valence-corrected chi connectivity index (χ0v) is 14.4. The van der Waals surface area contributed by atoms with Crippen LogP contribution in [0, 0.1) is 11.3 Å². The van der Waals surface area contributed by atoms with Crippen LogP contribution < -0.4 is 5.73 Å². The molecule has 122 valence electrons. The van der Waals surface area contributed by atoms with E-state index < -0.39 is 0 Å². The molecule has 0 unspecified atom stereocenters. The van der Waals surface area contributed by atoms with Gasteiger partial charge in [-0.05, 0) is 82.6 Å². The number of rotatable bonds is 3. The molecule has 0 atom stereocenters. The molecule has 0 radical (unpaired) electrons. The highest BCUT2D eigenvalue weighted by Gasteiger charge is 2.46. The lowest BCUT2D eigenvalue weighted by molar-refractivity contribution is -0.00828. The second-order valence-electron chi connectivity index (χ2n) is 8.66. The summed E-state index contributed by atoms with van der Waals surface area (Å²) in [6, 6.07) is 0.794. The molecular weight excluding hydrogens is 256 g/mol. The highest BCUT2D eigenvalue weighted by Crippen LogP contribution is 2.52. The van der Waals surface area contributed by atoms with Crippen molar-refractivity contribution in [2.75, 3.05) is 13.6 Å². The van der Waals surface area contributed by atoms with Crippen LogP contribution in [0.3, 0.4) is 0 Å². The summed E-state index contributed by atoms with van der Waals surface area (Å²) in [7, 11) is 2.39. The zero-order valence-electron chi connectivity index (χ0n) is 14.4. The van der Waals surface area contributed by atoms with Crippen molar-refractivity contribution in [3.05, 3.63) is 0 Å². The smallest absolute Gasteiger partial charge is 0.0332 e. The van der Waals surface area contributed by atoms with Crippen molar-refractivity contribution < 1.29 is 0 Å². The summed E-state index contributed by atoms with van der Waals surface area (Å²) in [4.78, 5) is 2.74. The Balaban J connectivity index is 1.64. The van der Waals surface area contributed by atoms with Crippen molar-refractivity contribution in [3.63, 3.8) is 0 Å². The van der Waals surface area contributed by atoms with Crippen LogP contribution in [0.15, 0.2) is 0 Å². The molecule has 2 heteroatoms. The zero-order chi connectivity index (χ0) is 14.9. The molecule has 3 aliphatic rings. The van der Waals surface area contributed by atoms with Crippen molar-refractivity contribution >= 4 is 0 Å². The van der Waals surface area contributed by atoms with E-state index in [-0.39, 0.29) is 0 Å². The van der Waals surface area contributed by atoms with Gasteiger partial charge in [-0.3, -0.25) is 4.90 Å². The molecule has 0 aliphatic heterocycles. The van der Waals surface area contributed by atoms with Gasteiger partial charge in [0.1, 0.15) is 0 Å². The van der Waals surface area contributed by atoms with Gasteiger partial charge in [-0.2, -0.15) is 0 Å². The second-order valence-corrected chi connectivity index (χ2v) is 8.66. The summed E-state index contributed by atoms with van der Waals surface area (Å²) in [5.41, 5.74) is 7.36. The van der Waals surface area contributed by atoms with E-state index in [9.17, 15) is 0 Å². The van der Waals surface area contributed by atoms with Crippen molar-refractivity contribution in [2.24, 2.45) is 17.1 Å². The molecule has 21 heavy (non-hydrogen) atoms. The Morgan fingerprint density at radius 1 is 0.905 bits per heavy atom. The van der Waals surface area contributed by atoms with Gasteiger partial charge < -0.3 is 5.73 Å². The summed E-state index contributed by atoms with van der Waals surface area (Å²) in [5, 5.41) is 0. The first kappa shape index (κ1) is 15.8. The quantitative estimate of drug-likeness (QED) is 0.839. The largest absolute Gasteiger partial charge is 0.329 e. The first-order valence-corrected chi connectivity index (χ1v) is 9.52. The maximum Gasteiger partial charge on any atom is 0.0332 e. The van der Waals surface area contributed by atoms with E-state index in [0.717, 1.165) is 23.9 Å². The summed E-state index contributed by atoms with van der Waals surface area (Å²) in [6.07, 6.45) is 17.2. The molecule has 0 amide bonds. The Labute approximate surface area is 131 Å². The summed E-state index contributed by atoms with van der Waals surface area (Å²) >= 11 is 0. The van der Waals surface area contributed by atoms with Gasteiger partial charge in [0, 0.05) is 18.1 Å². The van der Waals surface area contributed by atoms with E-state index >= 15 is 0 Å².